The zero-order chi connectivity index (χ0) is 11.0. The van der Waals surface area contributed by atoms with Crippen LogP contribution in [-0.2, 0) is 9.84 Å². The van der Waals surface area contributed by atoms with Gasteiger partial charge in [0.15, 0.2) is 14.9 Å². The second-order valence-corrected chi connectivity index (χ2v) is 7.50. The second-order valence-electron chi connectivity index (χ2n) is 3.93. The molecular weight excluding hydrogens is 266 g/mol. The molecule has 0 atom stereocenters. The van der Waals surface area contributed by atoms with E-state index in [1.54, 1.807) is 26.8 Å². The molecule has 0 saturated heterocycles. The Kier molecular flexibility index (Phi) is 3.02. The highest BCUT2D eigenvalue weighted by atomic mass is 79.9. The van der Waals surface area contributed by atoms with Crippen LogP contribution in [0.25, 0.3) is 0 Å². The number of halogens is 1. The molecule has 1 aromatic heterocycles. The Morgan fingerprint density at radius 1 is 1.29 bits per heavy atom. The summed E-state index contributed by atoms with van der Waals surface area (Å²) in [4.78, 5) is 3.88. The number of hydrogen-bond donors (Lipinski definition) is 0. The summed E-state index contributed by atoms with van der Waals surface area (Å²) in [5.41, 5.74) is 0. The first-order chi connectivity index (χ1) is 6.25. The van der Waals surface area contributed by atoms with Crippen LogP contribution < -0.4 is 0 Å². The van der Waals surface area contributed by atoms with Crippen molar-refractivity contribution in [2.24, 2.45) is 0 Å². The van der Waals surface area contributed by atoms with Gasteiger partial charge in [0.2, 0.25) is 0 Å². The maximum absolute atomic E-state index is 11.9. The summed E-state index contributed by atoms with van der Waals surface area (Å²) in [5.74, 6) is 0. The summed E-state index contributed by atoms with van der Waals surface area (Å²) in [6, 6.07) is 3.18. The summed E-state index contributed by atoms with van der Waals surface area (Å²) in [6.07, 6.45) is 1.48. The average Bonchev–Trinajstić information content (AvgIpc) is 2.03. The maximum Gasteiger partial charge on any atom is 0.200 e. The van der Waals surface area contributed by atoms with Crippen molar-refractivity contribution in [3.63, 3.8) is 0 Å². The Labute approximate surface area is 92.6 Å². The minimum atomic E-state index is -3.33. The third kappa shape index (κ3) is 2.15. The van der Waals surface area contributed by atoms with Crippen molar-refractivity contribution in [3.8, 4) is 0 Å². The second kappa shape index (κ2) is 3.62. The Hall–Kier alpha value is -0.420. The smallest absolute Gasteiger partial charge is 0.200 e. The van der Waals surface area contributed by atoms with E-state index >= 15 is 0 Å². The summed E-state index contributed by atoms with van der Waals surface area (Å²) >= 11 is 3.21. The van der Waals surface area contributed by atoms with Crippen molar-refractivity contribution in [1.29, 1.82) is 0 Å². The Bertz CT molecular complexity index is 417. The highest BCUT2D eigenvalue weighted by Gasteiger charge is 2.31. The number of nitrogens with zero attached hydrogens (tertiary/aromatic N) is 1. The zero-order valence-electron chi connectivity index (χ0n) is 8.28. The normalized spacial score (nSPS) is 12.9. The lowest BCUT2D eigenvalue weighted by molar-refractivity contribution is 0.556. The number of pyridine rings is 1. The standard InChI is InChI=1S/C9H12BrNO2S/c1-9(2,3)14(12,13)8-5-4-7(10)6-11-8/h4-6H,1-3H3. The van der Waals surface area contributed by atoms with E-state index in [0.29, 0.717) is 0 Å². The topological polar surface area (TPSA) is 47.0 Å². The minimum absolute atomic E-state index is 0.119. The molecule has 0 spiro atoms. The molecule has 3 nitrogen and oxygen atoms in total. The summed E-state index contributed by atoms with van der Waals surface area (Å²) in [7, 11) is -3.33. The monoisotopic (exact) mass is 277 g/mol. The average molecular weight is 278 g/mol. The third-order valence-electron chi connectivity index (χ3n) is 1.78. The first kappa shape index (κ1) is 11.7. The Morgan fingerprint density at radius 3 is 2.21 bits per heavy atom. The largest absolute Gasteiger partial charge is 0.244 e. The van der Waals surface area contributed by atoms with E-state index in [9.17, 15) is 8.42 Å². The SMILES string of the molecule is CC(C)(C)S(=O)(=O)c1ccc(Br)cn1. The highest BCUT2D eigenvalue weighted by Crippen LogP contribution is 2.23. The van der Waals surface area contributed by atoms with Crippen LogP contribution >= 0.6 is 15.9 Å². The van der Waals surface area contributed by atoms with Crippen LogP contribution in [0, 0.1) is 0 Å². The van der Waals surface area contributed by atoms with Crippen molar-refractivity contribution in [1.82, 2.24) is 4.98 Å². The van der Waals surface area contributed by atoms with Gasteiger partial charge in [-0.1, -0.05) is 0 Å². The van der Waals surface area contributed by atoms with Gasteiger partial charge in [-0.3, -0.25) is 0 Å². The summed E-state index contributed by atoms with van der Waals surface area (Å²) in [6.45, 7) is 4.98. The quantitative estimate of drug-likeness (QED) is 0.792. The molecule has 1 rings (SSSR count). The lowest BCUT2D eigenvalue weighted by Gasteiger charge is -2.18. The molecule has 78 valence electrons. The van der Waals surface area contributed by atoms with E-state index in [4.69, 9.17) is 0 Å². The van der Waals surface area contributed by atoms with Crippen LogP contribution in [0.15, 0.2) is 27.8 Å². The van der Waals surface area contributed by atoms with E-state index < -0.39 is 14.6 Å². The molecule has 0 N–H and O–H groups in total. The molecule has 14 heavy (non-hydrogen) atoms. The van der Waals surface area contributed by atoms with E-state index in [1.807, 2.05) is 0 Å². The van der Waals surface area contributed by atoms with Crippen molar-refractivity contribution < 1.29 is 8.42 Å². The van der Waals surface area contributed by atoms with Crippen molar-refractivity contribution in [2.75, 3.05) is 0 Å². The number of rotatable bonds is 1. The van der Waals surface area contributed by atoms with Crippen LogP contribution in [0.2, 0.25) is 0 Å². The minimum Gasteiger partial charge on any atom is -0.244 e. The van der Waals surface area contributed by atoms with Gasteiger partial charge in [-0.25, -0.2) is 13.4 Å². The van der Waals surface area contributed by atoms with Crippen LogP contribution in [0.5, 0.6) is 0 Å². The molecule has 0 aliphatic heterocycles. The Balaban J connectivity index is 3.25. The van der Waals surface area contributed by atoms with E-state index in [2.05, 4.69) is 20.9 Å². The van der Waals surface area contributed by atoms with Crippen LogP contribution in [0.4, 0.5) is 0 Å². The Morgan fingerprint density at radius 2 is 1.86 bits per heavy atom. The van der Waals surface area contributed by atoms with Crippen LogP contribution in [-0.4, -0.2) is 18.1 Å². The predicted molar refractivity (Wildman–Crippen MR) is 58.9 cm³/mol. The molecule has 0 aliphatic carbocycles. The van der Waals surface area contributed by atoms with E-state index in [1.165, 1.54) is 12.3 Å². The molecule has 0 fully saturated rings. The van der Waals surface area contributed by atoms with Gasteiger partial charge in [0, 0.05) is 10.7 Å². The van der Waals surface area contributed by atoms with Gasteiger partial charge >= 0.3 is 0 Å². The molecule has 0 radical (unpaired) electrons. The van der Waals surface area contributed by atoms with Gasteiger partial charge < -0.3 is 0 Å². The number of hydrogen-bond acceptors (Lipinski definition) is 3. The molecule has 5 heteroatoms. The lowest BCUT2D eigenvalue weighted by Crippen LogP contribution is -2.28. The van der Waals surface area contributed by atoms with Gasteiger partial charge in [0.1, 0.15) is 0 Å². The fourth-order valence-corrected chi connectivity index (χ4v) is 2.14. The lowest BCUT2D eigenvalue weighted by atomic mass is 10.3. The van der Waals surface area contributed by atoms with Gasteiger partial charge in [-0.05, 0) is 48.8 Å². The van der Waals surface area contributed by atoms with Crippen molar-refractivity contribution in [2.45, 2.75) is 30.5 Å². The van der Waals surface area contributed by atoms with Gasteiger partial charge in [0.05, 0.1) is 4.75 Å². The predicted octanol–water partition coefficient (Wildman–Crippen LogP) is 2.42. The van der Waals surface area contributed by atoms with Crippen LogP contribution in [0.1, 0.15) is 20.8 Å². The van der Waals surface area contributed by atoms with Gasteiger partial charge in [0.25, 0.3) is 0 Å². The molecule has 0 aromatic carbocycles. The first-order valence-electron chi connectivity index (χ1n) is 4.11. The maximum atomic E-state index is 11.9. The highest BCUT2D eigenvalue weighted by molar-refractivity contribution is 9.10. The summed E-state index contributed by atoms with van der Waals surface area (Å²) in [5, 5.41) is 0.119. The molecule has 1 heterocycles. The number of sulfone groups is 1. The fraction of sp³-hybridized carbons (Fsp3) is 0.444. The van der Waals surface area contributed by atoms with E-state index in [-0.39, 0.29) is 5.03 Å². The molecular formula is C9H12BrNO2S. The van der Waals surface area contributed by atoms with Crippen molar-refractivity contribution >= 4 is 25.8 Å². The fourth-order valence-electron chi connectivity index (χ4n) is 0.835. The zero-order valence-corrected chi connectivity index (χ0v) is 10.7. The van der Waals surface area contributed by atoms with Crippen molar-refractivity contribution in [3.05, 3.63) is 22.8 Å². The first-order valence-corrected chi connectivity index (χ1v) is 6.39. The van der Waals surface area contributed by atoms with Gasteiger partial charge in [-0.2, -0.15) is 0 Å². The molecule has 0 bridgehead atoms. The molecule has 0 aliphatic rings. The van der Waals surface area contributed by atoms with Crippen LogP contribution in [0.3, 0.4) is 0 Å². The molecule has 1 aromatic rings. The van der Waals surface area contributed by atoms with E-state index in [0.717, 1.165) is 4.47 Å². The van der Waals surface area contributed by atoms with Gasteiger partial charge in [-0.15, -0.1) is 0 Å². The molecule has 0 unspecified atom stereocenters. The number of aromatic nitrogens is 1. The third-order valence-corrected chi connectivity index (χ3v) is 4.66. The summed E-state index contributed by atoms with van der Waals surface area (Å²) < 4.78 is 23.7. The molecule has 0 saturated carbocycles. The molecule has 0 amide bonds.